The van der Waals surface area contributed by atoms with Crippen LogP contribution < -0.4 is 10.5 Å². The lowest BCUT2D eigenvalue weighted by Gasteiger charge is -1.93. The summed E-state index contributed by atoms with van der Waals surface area (Å²) in [6.07, 6.45) is 4.26. The Morgan fingerprint density at radius 1 is 1.67 bits per heavy atom. The predicted octanol–water partition coefficient (Wildman–Crippen LogP) is 1.23. The molecule has 0 aromatic carbocycles. The number of hydrogen-bond donors (Lipinski definition) is 1. The molecule has 0 amide bonds. The Hall–Kier alpha value is -0.900. The van der Waals surface area contributed by atoms with E-state index in [-0.39, 0.29) is 12.4 Å². The van der Waals surface area contributed by atoms with Gasteiger partial charge < -0.3 is 10.5 Å². The van der Waals surface area contributed by atoms with Gasteiger partial charge in [-0.15, -0.1) is 17.5 Å². The Morgan fingerprint density at radius 3 is 2.75 bits per heavy atom. The molecule has 2 N–H and O–H groups in total. The van der Waals surface area contributed by atoms with Crippen molar-refractivity contribution in [3.05, 3.63) is 6.20 Å². The van der Waals surface area contributed by atoms with Gasteiger partial charge in [-0.25, -0.2) is 0 Å². The molecule has 12 heavy (non-hydrogen) atoms. The molecule has 1 aliphatic rings. The van der Waals surface area contributed by atoms with Crippen LogP contribution in [0.1, 0.15) is 18.9 Å². The van der Waals surface area contributed by atoms with Gasteiger partial charge in [0.25, 0.3) is 5.88 Å². The van der Waals surface area contributed by atoms with Crippen molar-refractivity contribution in [2.45, 2.75) is 18.9 Å². The van der Waals surface area contributed by atoms with Crippen molar-refractivity contribution in [2.75, 3.05) is 12.8 Å². The van der Waals surface area contributed by atoms with Crippen molar-refractivity contribution in [1.82, 2.24) is 9.78 Å². The third-order valence-corrected chi connectivity index (χ3v) is 1.84. The highest BCUT2D eigenvalue weighted by molar-refractivity contribution is 5.85. The maximum absolute atomic E-state index is 5.61. The zero-order valence-corrected chi connectivity index (χ0v) is 7.67. The molecule has 2 rings (SSSR count). The maximum Gasteiger partial charge on any atom is 0.256 e. The summed E-state index contributed by atoms with van der Waals surface area (Å²) < 4.78 is 6.83. The van der Waals surface area contributed by atoms with E-state index in [0.717, 1.165) is 0 Å². The second-order valence-electron chi connectivity index (χ2n) is 2.80. The van der Waals surface area contributed by atoms with Crippen LogP contribution in [0.25, 0.3) is 0 Å². The zero-order valence-electron chi connectivity index (χ0n) is 6.86. The summed E-state index contributed by atoms with van der Waals surface area (Å²) in [5.74, 6) is 0.539. The quantitative estimate of drug-likeness (QED) is 0.762. The van der Waals surface area contributed by atoms with Gasteiger partial charge in [0.15, 0.2) is 0 Å². The minimum atomic E-state index is 0. The van der Waals surface area contributed by atoms with Gasteiger partial charge in [-0.05, 0) is 12.8 Å². The molecule has 0 aliphatic heterocycles. The average molecular weight is 190 g/mol. The van der Waals surface area contributed by atoms with Crippen LogP contribution in [-0.4, -0.2) is 16.9 Å². The number of aromatic nitrogens is 2. The Balaban J connectivity index is 0.000000720. The number of nitrogen functional groups attached to an aromatic ring is 1. The van der Waals surface area contributed by atoms with Gasteiger partial charge in [-0.1, -0.05) is 0 Å². The van der Waals surface area contributed by atoms with Crippen molar-refractivity contribution >= 4 is 18.1 Å². The number of anilines is 1. The molecule has 1 aromatic heterocycles. The van der Waals surface area contributed by atoms with Gasteiger partial charge >= 0.3 is 0 Å². The Bertz CT molecular complexity index is 270. The molecule has 0 bridgehead atoms. The number of nitrogens with zero attached hydrogens (tertiary/aromatic N) is 2. The molecule has 0 saturated heterocycles. The SMILES string of the molecule is COc1nn(C2CC2)cc1N.Cl. The largest absolute Gasteiger partial charge is 0.478 e. The standard InChI is InChI=1S/C7H11N3O.ClH/c1-11-7-6(8)4-10(9-7)5-2-3-5;/h4-5H,2-3,8H2,1H3;1H. The van der Waals surface area contributed by atoms with Crippen LogP contribution in [0, 0.1) is 0 Å². The third-order valence-electron chi connectivity index (χ3n) is 1.84. The molecule has 1 saturated carbocycles. The van der Waals surface area contributed by atoms with Crippen molar-refractivity contribution in [3.63, 3.8) is 0 Å². The number of halogens is 1. The van der Waals surface area contributed by atoms with E-state index in [9.17, 15) is 0 Å². The highest BCUT2D eigenvalue weighted by atomic mass is 35.5. The monoisotopic (exact) mass is 189 g/mol. The first-order valence-electron chi connectivity index (χ1n) is 3.70. The third kappa shape index (κ3) is 1.48. The summed E-state index contributed by atoms with van der Waals surface area (Å²) >= 11 is 0. The van der Waals surface area contributed by atoms with Crippen LogP contribution in [0.4, 0.5) is 5.69 Å². The van der Waals surface area contributed by atoms with Crippen molar-refractivity contribution in [1.29, 1.82) is 0 Å². The van der Waals surface area contributed by atoms with Crippen LogP contribution in [0.3, 0.4) is 0 Å². The summed E-state index contributed by atoms with van der Waals surface area (Å²) in [6.45, 7) is 0. The number of hydrogen-bond acceptors (Lipinski definition) is 3. The first kappa shape index (κ1) is 9.19. The lowest BCUT2D eigenvalue weighted by molar-refractivity contribution is 0.390. The van der Waals surface area contributed by atoms with E-state index >= 15 is 0 Å². The molecule has 1 fully saturated rings. The van der Waals surface area contributed by atoms with E-state index in [4.69, 9.17) is 10.5 Å². The molecule has 1 heterocycles. The fraction of sp³-hybridized carbons (Fsp3) is 0.571. The molecule has 1 aliphatic carbocycles. The number of nitrogens with two attached hydrogens (primary N) is 1. The molecular formula is C7H12ClN3O. The van der Waals surface area contributed by atoms with E-state index in [0.29, 0.717) is 17.6 Å². The van der Waals surface area contributed by atoms with Crippen molar-refractivity contribution in [2.24, 2.45) is 0 Å². The summed E-state index contributed by atoms with van der Waals surface area (Å²) in [6, 6.07) is 0.571. The smallest absolute Gasteiger partial charge is 0.256 e. The minimum absolute atomic E-state index is 0. The highest BCUT2D eigenvalue weighted by Crippen LogP contribution is 2.36. The van der Waals surface area contributed by atoms with E-state index < -0.39 is 0 Å². The minimum Gasteiger partial charge on any atom is -0.478 e. The van der Waals surface area contributed by atoms with Crippen LogP contribution in [0.15, 0.2) is 6.20 Å². The van der Waals surface area contributed by atoms with Gasteiger partial charge in [0.05, 0.1) is 19.3 Å². The Morgan fingerprint density at radius 2 is 2.33 bits per heavy atom. The van der Waals surface area contributed by atoms with E-state index in [1.54, 1.807) is 7.11 Å². The predicted molar refractivity (Wildman–Crippen MR) is 48.7 cm³/mol. The van der Waals surface area contributed by atoms with Crippen molar-refractivity contribution in [3.8, 4) is 5.88 Å². The summed E-state index contributed by atoms with van der Waals surface area (Å²) in [7, 11) is 1.58. The number of rotatable bonds is 2. The second kappa shape index (κ2) is 3.23. The number of ether oxygens (including phenoxy) is 1. The lowest BCUT2D eigenvalue weighted by Crippen LogP contribution is -1.94. The maximum atomic E-state index is 5.61. The molecular weight excluding hydrogens is 178 g/mol. The zero-order chi connectivity index (χ0) is 7.84. The lowest BCUT2D eigenvalue weighted by atomic mass is 10.6. The topological polar surface area (TPSA) is 53.1 Å². The molecule has 0 unspecified atom stereocenters. The van der Waals surface area contributed by atoms with Gasteiger partial charge in [0, 0.05) is 0 Å². The van der Waals surface area contributed by atoms with Gasteiger partial charge in [-0.2, -0.15) is 0 Å². The van der Waals surface area contributed by atoms with Crippen LogP contribution in [0.5, 0.6) is 5.88 Å². The molecule has 0 atom stereocenters. The van der Waals surface area contributed by atoms with Crippen LogP contribution in [-0.2, 0) is 0 Å². The van der Waals surface area contributed by atoms with E-state index in [1.165, 1.54) is 12.8 Å². The first-order valence-corrected chi connectivity index (χ1v) is 3.70. The number of methoxy groups -OCH3 is 1. The summed E-state index contributed by atoms with van der Waals surface area (Å²) in [4.78, 5) is 0. The molecule has 1 aromatic rings. The second-order valence-corrected chi connectivity index (χ2v) is 2.80. The Kier molecular flexibility index (Phi) is 2.47. The summed E-state index contributed by atoms with van der Waals surface area (Å²) in [5.41, 5.74) is 6.23. The average Bonchev–Trinajstić information content (AvgIpc) is 2.76. The van der Waals surface area contributed by atoms with Gasteiger partial charge in [0.2, 0.25) is 0 Å². The van der Waals surface area contributed by atoms with Gasteiger partial charge in [-0.3, -0.25) is 4.68 Å². The molecule has 5 heteroatoms. The van der Waals surface area contributed by atoms with E-state index in [1.807, 2.05) is 10.9 Å². The Labute approximate surface area is 77.1 Å². The van der Waals surface area contributed by atoms with E-state index in [2.05, 4.69) is 5.10 Å². The fourth-order valence-electron chi connectivity index (χ4n) is 1.07. The van der Waals surface area contributed by atoms with Crippen LogP contribution >= 0.6 is 12.4 Å². The molecule has 4 nitrogen and oxygen atoms in total. The molecule has 0 radical (unpaired) electrons. The normalized spacial score (nSPS) is 15.4. The fourth-order valence-corrected chi connectivity index (χ4v) is 1.07. The van der Waals surface area contributed by atoms with Crippen LogP contribution in [0.2, 0.25) is 0 Å². The highest BCUT2D eigenvalue weighted by Gasteiger charge is 2.25. The summed E-state index contributed by atoms with van der Waals surface area (Å²) in [5, 5.41) is 4.16. The van der Waals surface area contributed by atoms with Gasteiger partial charge in [0.1, 0.15) is 5.69 Å². The molecule has 0 spiro atoms. The molecule has 68 valence electrons. The van der Waals surface area contributed by atoms with Crippen molar-refractivity contribution < 1.29 is 4.74 Å². The first-order chi connectivity index (χ1) is 5.31.